The summed E-state index contributed by atoms with van der Waals surface area (Å²) in [5.74, 6) is -0.471. The molecule has 2 aromatic rings. The van der Waals surface area contributed by atoms with Gasteiger partial charge in [0.25, 0.3) is 0 Å². The van der Waals surface area contributed by atoms with Crippen LogP contribution < -0.4 is 16.0 Å². The molecule has 0 fully saturated rings. The van der Waals surface area contributed by atoms with Crippen LogP contribution in [0.5, 0.6) is 0 Å². The Hall–Kier alpha value is -2.74. The first kappa shape index (κ1) is 48.3. The minimum absolute atomic E-state index is 0.00976. The molecule has 51 heavy (non-hydrogen) atoms. The van der Waals surface area contributed by atoms with Crippen LogP contribution in [0.3, 0.4) is 0 Å². The monoisotopic (exact) mass is 712 g/mol. The van der Waals surface area contributed by atoms with Crippen LogP contribution in [0.2, 0.25) is 0 Å². The van der Waals surface area contributed by atoms with Gasteiger partial charge in [0.1, 0.15) is 0 Å². The van der Waals surface area contributed by atoms with Crippen molar-refractivity contribution in [3.8, 4) is 0 Å². The Morgan fingerprint density at radius 1 is 0.686 bits per heavy atom. The lowest BCUT2D eigenvalue weighted by atomic mass is 9.70. The molecular weight excluding hydrogens is 633 g/mol. The van der Waals surface area contributed by atoms with Crippen LogP contribution in [0.15, 0.2) is 60.7 Å². The van der Waals surface area contributed by atoms with Gasteiger partial charge in [-0.1, -0.05) is 140 Å². The molecule has 0 aliphatic heterocycles. The largest absolute Gasteiger partial charge is 0.481 e. The maximum Gasteiger partial charge on any atom is 0.304 e. The number of carboxylic acid groups (broad SMARTS) is 1. The third-order valence-corrected chi connectivity index (χ3v) is 9.78. The van der Waals surface area contributed by atoms with Crippen LogP contribution in [0.25, 0.3) is 0 Å². The minimum Gasteiger partial charge on any atom is -0.481 e. The Bertz CT molecular complexity index is 1090. The van der Waals surface area contributed by atoms with Crippen LogP contribution in [0, 0.1) is 0 Å². The number of unbranched alkanes of at least 4 members (excludes halogenated alkanes) is 4. The quantitative estimate of drug-likeness (QED) is 0.0782. The minimum atomic E-state index is -0.684. The molecule has 1 amide bonds. The van der Waals surface area contributed by atoms with Crippen molar-refractivity contribution >= 4 is 11.9 Å². The summed E-state index contributed by atoms with van der Waals surface area (Å²) in [4.78, 5) is 27.6. The number of carbonyl (C=O) groups is 2. The average molecular weight is 712 g/mol. The molecule has 2 aromatic carbocycles. The molecule has 0 heterocycles. The number of amides is 1. The zero-order valence-corrected chi connectivity index (χ0v) is 34.2. The van der Waals surface area contributed by atoms with Gasteiger partial charge < -0.3 is 26.0 Å². The van der Waals surface area contributed by atoms with Gasteiger partial charge in [0, 0.05) is 30.2 Å². The number of benzene rings is 2. The van der Waals surface area contributed by atoms with E-state index in [4.69, 9.17) is 5.73 Å². The first-order chi connectivity index (χ1) is 24.4. The predicted octanol–water partition coefficient (Wildman–Crippen LogP) is 8.02. The Kier molecular flexibility index (Phi) is 28.2. The summed E-state index contributed by atoms with van der Waals surface area (Å²) < 4.78 is 0. The summed E-state index contributed by atoms with van der Waals surface area (Å²) in [7, 11) is 8.40. The Morgan fingerprint density at radius 2 is 1.10 bits per heavy atom. The molecule has 0 aromatic heterocycles. The molecule has 0 bridgehead atoms. The molecule has 0 aliphatic carbocycles. The molecular formula is C44H79N4O3+. The molecule has 2 rings (SSSR count). The first-order valence-electron chi connectivity index (χ1n) is 20.2. The molecule has 0 saturated carbocycles. The highest BCUT2D eigenvalue weighted by molar-refractivity contribution is 5.77. The van der Waals surface area contributed by atoms with E-state index in [1.807, 2.05) is 18.2 Å². The van der Waals surface area contributed by atoms with Crippen molar-refractivity contribution < 1.29 is 19.6 Å². The molecule has 0 aliphatic rings. The maximum absolute atomic E-state index is 12.7. The number of carbonyl (C=O) groups excluding carboxylic acids is 1. The van der Waals surface area contributed by atoms with E-state index >= 15 is 0 Å². The molecule has 0 saturated heterocycles. The number of nitrogens with one attached hydrogen (secondary N) is 2. The second kappa shape index (κ2) is 29.8. The van der Waals surface area contributed by atoms with Crippen LogP contribution in [-0.2, 0) is 20.4 Å². The second-order valence-corrected chi connectivity index (χ2v) is 15.1. The molecule has 7 heteroatoms. The molecule has 0 spiro atoms. The molecule has 7 nitrogen and oxygen atoms in total. The van der Waals surface area contributed by atoms with Crippen LogP contribution in [0.4, 0.5) is 0 Å². The Morgan fingerprint density at radius 3 is 1.41 bits per heavy atom. The van der Waals surface area contributed by atoms with Crippen molar-refractivity contribution in [2.24, 2.45) is 5.73 Å². The number of nitrogens with zero attached hydrogens (tertiary/aromatic N) is 1. The fourth-order valence-electron chi connectivity index (χ4n) is 6.77. The van der Waals surface area contributed by atoms with Gasteiger partial charge in [0.05, 0.1) is 27.1 Å². The Labute approximate surface area is 314 Å². The van der Waals surface area contributed by atoms with Crippen molar-refractivity contribution in [3.63, 3.8) is 0 Å². The van der Waals surface area contributed by atoms with E-state index < -0.39 is 5.97 Å². The summed E-state index contributed by atoms with van der Waals surface area (Å²) >= 11 is 0. The summed E-state index contributed by atoms with van der Waals surface area (Å²) in [6, 6.07) is 20.9. The normalized spacial score (nSPS) is 11.4. The Balaban J connectivity index is 0.000000846. The van der Waals surface area contributed by atoms with E-state index in [9.17, 15) is 14.7 Å². The summed E-state index contributed by atoms with van der Waals surface area (Å²) in [6.07, 6.45) is 16.3. The van der Waals surface area contributed by atoms with Gasteiger partial charge in [-0.3, -0.25) is 9.59 Å². The van der Waals surface area contributed by atoms with E-state index in [0.29, 0.717) is 6.42 Å². The molecule has 0 unspecified atom stereocenters. The third kappa shape index (κ3) is 22.1. The van der Waals surface area contributed by atoms with Crippen molar-refractivity contribution in [1.82, 2.24) is 10.2 Å². The summed E-state index contributed by atoms with van der Waals surface area (Å²) in [6.45, 7) is 12.6. The highest BCUT2D eigenvalue weighted by atomic mass is 16.4. The molecule has 0 radical (unpaired) electrons. The fraction of sp³-hybridized carbons (Fsp3) is 0.682. The lowest BCUT2D eigenvalue weighted by Crippen LogP contribution is -3.05. The smallest absolute Gasteiger partial charge is 0.304 e. The zero-order valence-electron chi connectivity index (χ0n) is 34.2. The highest BCUT2D eigenvalue weighted by Gasteiger charge is 2.34. The number of carboxylic acids is 1. The van der Waals surface area contributed by atoms with Gasteiger partial charge in [-0.2, -0.15) is 0 Å². The number of quaternary nitrogens is 1. The SMILES string of the molecule is CCCCC(CCCC)(CC(=O)NCCC[NH+](C)C)c1ccccc1.CCCCC(CCCC)(CC(=O)O)c1ccccc1.CN(C)CCCN. The molecule has 5 N–H and O–H groups in total. The molecule has 292 valence electrons. The van der Waals surface area contributed by atoms with Gasteiger partial charge in [-0.15, -0.1) is 0 Å². The maximum atomic E-state index is 12.7. The summed E-state index contributed by atoms with van der Waals surface area (Å²) in [5, 5.41) is 12.5. The van der Waals surface area contributed by atoms with Gasteiger partial charge >= 0.3 is 5.97 Å². The van der Waals surface area contributed by atoms with Crippen molar-refractivity contribution in [3.05, 3.63) is 71.8 Å². The third-order valence-electron chi connectivity index (χ3n) is 9.78. The van der Waals surface area contributed by atoms with Crippen molar-refractivity contribution in [2.45, 2.75) is 141 Å². The standard InChI is InChI=1S/C22H38N2O.C17H26O2.C5H14N2/c1-5-7-15-22(16-8-6-2,20-13-10-9-11-14-20)19-21(25)23-17-12-18-24(3)4;1-3-5-12-17(13-6-4-2,14-16(18)19)15-10-8-7-9-11-15;1-7(2)5-3-4-6/h9-11,13-14H,5-8,12,15-19H2,1-4H3,(H,23,25);7-11H,3-6,12-14H2,1-2H3,(H,18,19);3-6H2,1-2H3/p+1. The van der Waals surface area contributed by atoms with Crippen LogP contribution in [0.1, 0.15) is 142 Å². The van der Waals surface area contributed by atoms with Crippen molar-refractivity contribution in [2.75, 3.05) is 54.4 Å². The van der Waals surface area contributed by atoms with Gasteiger partial charge in [-0.05, 0) is 70.4 Å². The summed E-state index contributed by atoms with van der Waals surface area (Å²) in [5.41, 5.74) is 7.59. The van der Waals surface area contributed by atoms with E-state index in [1.165, 1.54) is 41.7 Å². The second-order valence-electron chi connectivity index (χ2n) is 15.1. The van der Waals surface area contributed by atoms with Gasteiger partial charge in [-0.25, -0.2) is 0 Å². The predicted molar refractivity (Wildman–Crippen MR) is 219 cm³/mol. The lowest BCUT2D eigenvalue weighted by molar-refractivity contribution is -0.858. The van der Waals surface area contributed by atoms with E-state index in [1.54, 1.807) is 0 Å². The number of rotatable bonds is 25. The zero-order chi connectivity index (χ0) is 38.4. The highest BCUT2D eigenvalue weighted by Crippen LogP contribution is 2.39. The van der Waals surface area contributed by atoms with E-state index in [2.05, 4.69) is 109 Å². The molecule has 0 atom stereocenters. The van der Waals surface area contributed by atoms with Crippen LogP contribution in [-0.4, -0.2) is 76.3 Å². The van der Waals surface area contributed by atoms with E-state index in [-0.39, 0.29) is 23.2 Å². The fourth-order valence-corrected chi connectivity index (χ4v) is 6.77. The van der Waals surface area contributed by atoms with Gasteiger partial charge in [0.2, 0.25) is 5.91 Å². The van der Waals surface area contributed by atoms with Crippen LogP contribution >= 0.6 is 0 Å². The number of aliphatic carboxylic acids is 1. The van der Waals surface area contributed by atoms with Gasteiger partial charge in [0.15, 0.2) is 0 Å². The van der Waals surface area contributed by atoms with Crippen molar-refractivity contribution in [1.29, 1.82) is 0 Å². The average Bonchev–Trinajstić information content (AvgIpc) is 3.12. The number of hydrogen-bond donors (Lipinski definition) is 4. The number of hydrogen-bond acceptors (Lipinski definition) is 4. The topological polar surface area (TPSA) is 100 Å². The number of nitrogens with two attached hydrogens (primary N) is 1. The van der Waals surface area contributed by atoms with E-state index in [0.717, 1.165) is 90.4 Å². The first-order valence-corrected chi connectivity index (χ1v) is 20.2. The lowest BCUT2D eigenvalue weighted by Gasteiger charge is -2.34.